The van der Waals surface area contributed by atoms with E-state index < -0.39 is 37.6 Å². The molecule has 0 aromatic heterocycles. The second-order valence-electron chi connectivity index (χ2n) is 5.76. The minimum atomic E-state index is -5.31. The van der Waals surface area contributed by atoms with Crippen LogP contribution in [0.2, 0.25) is 19.6 Å². The molecule has 0 bridgehead atoms. The van der Waals surface area contributed by atoms with Gasteiger partial charge in [-0.15, -0.1) is 5.54 Å². The van der Waals surface area contributed by atoms with Crippen LogP contribution in [0.25, 0.3) is 0 Å². The number of rotatable bonds is 4. The van der Waals surface area contributed by atoms with Gasteiger partial charge in [0.2, 0.25) is 0 Å². The minimum Gasteiger partial charge on any atom is -0.449 e. The van der Waals surface area contributed by atoms with Crippen LogP contribution in [0.3, 0.4) is 0 Å². The normalized spacial score (nSPS) is 12.0. The molecule has 0 spiro atoms. The van der Waals surface area contributed by atoms with Crippen LogP contribution in [0.4, 0.5) is 16.8 Å². The SMILES string of the molecule is C[Si](C)(C)C#Cc1cc(C[B-](F)(F)F)cc(OS(=O)(=O)F)c1.[K+]. The summed E-state index contributed by atoms with van der Waals surface area (Å²) in [6, 6.07) is 3.13. The molecule has 122 valence electrons. The fourth-order valence-corrected chi connectivity index (χ4v) is 2.39. The van der Waals surface area contributed by atoms with Crippen molar-refractivity contribution in [2.24, 2.45) is 0 Å². The molecule has 1 aromatic carbocycles. The third kappa shape index (κ3) is 11.4. The maximum absolute atomic E-state index is 12.6. The fourth-order valence-electron chi connectivity index (χ4n) is 1.54. The van der Waals surface area contributed by atoms with E-state index in [1.54, 1.807) is 0 Å². The second kappa shape index (κ2) is 8.51. The number of hydrogen-bond donors (Lipinski definition) is 0. The quantitative estimate of drug-likeness (QED) is 0.323. The van der Waals surface area contributed by atoms with E-state index in [9.17, 15) is 25.3 Å². The summed E-state index contributed by atoms with van der Waals surface area (Å²) in [5.41, 5.74) is 2.86. The molecule has 0 N–H and O–H groups in total. The van der Waals surface area contributed by atoms with E-state index in [2.05, 4.69) is 15.6 Å². The molecular formula is C12H14BF4KO3SSi. The molecular weight excluding hydrogens is 378 g/mol. The summed E-state index contributed by atoms with van der Waals surface area (Å²) in [5, 5.41) is 0. The minimum absolute atomic E-state index is 0. The summed E-state index contributed by atoms with van der Waals surface area (Å²) in [5.74, 6) is 2.16. The Hall–Kier alpha value is 0.168. The second-order valence-corrected chi connectivity index (χ2v) is 11.5. The van der Waals surface area contributed by atoms with Gasteiger partial charge in [-0.3, -0.25) is 0 Å². The molecule has 1 rings (SSSR count). The van der Waals surface area contributed by atoms with E-state index >= 15 is 0 Å². The molecule has 0 heterocycles. The monoisotopic (exact) mass is 392 g/mol. The van der Waals surface area contributed by atoms with Crippen LogP contribution in [0.5, 0.6) is 5.75 Å². The van der Waals surface area contributed by atoms with Gasteiger partial charge < -0.3 is 17.1 Å². The van der Waals surface area contributed by atoms with Crippen molar-refractivity contribution in [3.05, 3.63) is 29.3 Å². The maximum Gasteiger partial charge on any atom is 1.00 e. The third-order valence-corrected chi connectivity index (χ3v) is 3.48. The summed E-state index contributed by atoms with van der Waals surface area (Å²) in [4.78, 5) is 0. The molecule has 0 radical (unpaired) electrons. The van der Waals surface area contributed by atoms with Crippen LogP contribution in [0.15, 0.2) is 18.2 Å². The molecule has 3 nitrogen and oxygen atoms in total. The zero-order valence-electron chi connectivity index (χ0n) is 13.2. The van der Waals surface area contributed by atoms with Crippen molar-refractivity contribution in [3.63, 3.8) is 0 Å². The Morgan fingerprint density at radius 2 is 1.74 bits per heavy atom. The van der Waals surface area contributed by atoms with Gasteiger partial charge >= 0.3 is 68.9 Å². The standard InChI is InChI=1S/C12H14BF4O3SSi.K/c1-22(2,3)5-4-10-6-11(9-13(14,15)16)8-12(7-10)20-21(17,18)19;/h6-8H,9H2,1-3H3;/q-1;+1. The van der Waals surface area contributed by atoms with Crippen LogP contribution in [-0.2, 0) is 16.8 Å². The third-order valence-electron chi connectivity index (χ3n) is 2.21. The van der Waals surface area contributed by atoms with Crippen LogP contribution < -0.4 is 55.6 Å². The van der Waals surface area contributed by atoms with E-state index in [4.69, 9.17) is 0 Å². The van der Waals surface area contributed by atoms with Crippen LogP contribution >= 0.6 is 0 Å². The van der Waals surface area contributed by atoms with Crippen molar-refractivity contribution in [1.29, 1.82) is 0 Å². The van der Waals surface area contributed by atoms with Crippen molar-refractivity contribution < 1.29 is 80.8 Å². The molecule has 0 aliphatic heterocycles. The van der Waals surface area contributed by atoms with Crippen LogP contribution in [-0.4, -0.2) is 23.5 Å². The first kappa shape index (κ1) is 23.2. The van der Waals surface area contributed by atoms with Gasteiger partial charge in [-0.2, -0.15) is 8.42 Å². The topological polar surface area (TPSA) is 43.4 Å². The van der Waals surface area contributed by atoms with Crippen molar-refractivity contribution in [2.45, 2.75) is 26.0 Å². The predicted molar refractivity (Wildman–Crippen MR) is 80.1 cm³/mol. The first-order chi connectivity index (χ1) is 9.73. The average molecular weight is 392 g/mol. The van der Waals surface area contributed by atoms with Crippen molar-refractivity contribution in [3.8, 4) is 17.2 Å². The maximum atomic E-state index is 12.6. The van der Waals surface area contributed by atoms with Gasteiger partial charge in [-0.05, 0) is 18.2 Å². The zero-order chi connectivity index (χ0) is 17.2. The Balaban J connectivity index is 0.00000484. The van der Waals surface area contributed by atoms with Gasteiger partial charge in [0, 0.05) is 5.56 Å². The van der Waals surface area contributed by atoms with Gasteiger partial charge in [0.05, 0.1) is 0 Å². The van der Waals surface area contributed by atoms with Crippen LogP contribution in [0.1, 0.15) is 11.1 Å². The molecule has 0 atom stereocenters. The number of halogens is 4. The van der Waals surface area contributed by atoms with Crippen LogP contribution in [0, 0.1) is 11.5 Å². The van der Waals surface area contributed by atoms with Gasteiger partial charge in [0.15, 0.2) is 0 Å². The Kier molecular flexibility index (Phi) is 8.57. The number of benzene rings is 1. The summed E-state index contributed by atoms with van der Waals surface area (Å²) < 4.78 is 75.1. The molecule has 0 saturated heterocycles. The summed E-state index contributed by atoms with van der Waals surface area (Å²) >= 11 is 0. The molecule has 0 aliphatic rings. The molecule has 0 amide bonds. The van der Waals surface area contributed by atoms with Crippen molar-refractivity contribution >= 4 is 25.6 Å². The summed E-state index contributed by atoms with van der Waals surface area (Å²) in [7, 11) is -7.09. The largest absolute Gasteiger partial charge is 1.00 e. The smallest absolute Gasteiger partial charge is 0.449 e. The Morgan fingerprint density at radius 3 is 2.17 bits per heavy atom. The molecule has 0 unspecified atom stereocenters. The van der Waals surface area contributed by atoms with Crippen molar-refractivity contribution in [2.75, 3.05) is 0 Å². The number of hydrogen-bond acceptors (Lipinski definition) is 3. The Labute approximate surface area is 177 Å². The van der Waals surface area contributed by atoms with Gasteiger partial charge in [0.25, 0.3) is 0 Å². The molecule has 11 heteroatoms. The molecule has 0 fully saturated rings. The van der Waals surface area contributed by atoms with E-state index in [-0.39, 0.29) is 62.5 Å². The van der Waals surface area contributed by atoms with E-state index in [1.807, 2.05) is 19.6 Å². The summed E-state index contributed by atoms with van der Waals surface area (Å²) in [6.07, 6.45) is -1.23. The summed E-state index contributed by atoms with van der Waals surface area (Å²) in [6.45, 7) is 0.686. The molecule has 1 aromatic rings. The van der Waals surface area contributed by atoms with E-state index in [0.717, 1.165) is 12.1 Å². The molecule has 0 aliphatic carbocycles. The molecule has 23 heavy (non-hydrogen) atoms. The molecule has 0 saturated carbocycles. The predicted octanol–water partition coefficient (Wildman–Crippen LogP) is 0.442. The first-order valence-corrected chi connectivity index (χ1v) is 11.1. The Morgan fingerprint density at radius 1 is 1.17 bits per heavy atom. The zero-order valence-corrected chi connectivity index (χ0v) is 18.1. The van der Waals surface area contributed by atoms with Gasteiger partial charge in [-0.1, -0.05) is 41.3 Å². The van der Waals surface area contributed by atoms with Gasteiger partial charge in [-0.25, -0.2) is 0 Å². The van der Waals surface area contributed by atoms with E-state index in [1.165, 1.54) is 6.07 Å². The fraction of sp³-hybridized carbons (Fsp3) is 0.333. The average Bonchev–Trinajstić information content (AvgIpc) is 2.20. The van der Waals surface area contributed by atoms with E-state index in [0.29, 0.717) is 0 Å². The Bertz CT molecular complexity index is 721. The first-order valence-electron chi connectivity index (χ1n) is 6.26. The van der Waals surface area contributed by atoms with Gasteiger partial charge in [0.1, 0.15) is 13.8 Å². The van der Waals surface area contributed by atoms with Crippen molar-refractivity contribution in [1.82, 2.24) is 0 Å².